The number of nitrogens with zero attached hydrogens (tertiary/aromatic N) is 2. The fraction of sp³-hybridized carbons (Fsp3) is 0.842. The molecule has 2 fully saturated rings. The Balaban J connectivity index is 1.59. The van der Waals surface area contributed by atoms with E-state index in [0.717, 1.165) is 32.1 Å². The minimum absolute atomic E-state index is 0.0339. The van der Waals surface area contributed by atoms with E-state index in [-0.39, 0.29) is 37.5 Å². The molecule has 3 N–H and O–H groups in total. The minimum atomic E-state index is -1.39. The number of nitriles is 1. The lowest BCUT2D eigenvalue weighted by molar-refractivity contribution is -0.130. The van der Waals surface area contributed by atoms with Crippen molar-refractivity contribution in [2.45, 2.75) is 69.9 Å². The zero-order valence-corrected chi connectivity index (χ0v) is 16.4. The molecule has 0 aromatic heterocycles. The van der Waals surface area contributed by atoms with Crippen molar-refractivity contribution in [3.63, 3.8) is 0 Å². The van der Waals surface area contributed by atoms with Gasteiger partial charge in [-0.15, -0.1) is 0 Å². The lowest BCUT2D eigenvalue weighted by Crippen LogP contribution is -2.43. The molecule has 3 amide bonds. The third-order valence-electron chi connectivity index (χ3n) is 5.42. The molecule has 28 heavy (non-hydrogen) atoms. The first-order valence-corrected chi connectivity index (χ1v) is 10.1. The van der Waals surface area contributed by atoms with Gasteiger partial charge in [0, 0.05) is 25.6 Å². The molecule has 2 unspecified atom stereocenters. The van der Waals surface area contributed by atoms with Crippen molar-refractivity contribution in [1.82, 2.24) is 20.9 Å². The molecule has 1 saturated carbocycles. The molecule has 0 radical (unpaired) electrons. The molecule has 2 rings (SSSR count). The summed E-state index contributed by atoms with van der Waals surface area (Å²) in [6.45, 7) is 2.45. The summed E-state index contributed by atoms with van der Waals surface area (Å²) >= 11 is 0. The quantitative estimate of drug-likeness (QED) is 0.549. The smallest absolute Gasteiger partial charge is 0.314 e. The van der Waals surface area contributed by atoms with E-state index in [1.807, 2.05) is 0 Å². The van der Waals surface area contributed by atoms with Gasteiger partial charge in [-0.25, -0.2) is 13.6 Å². The van der Waals surface area contributed by atoms with Gasteiger partial charge in [-0.3, -0.25) is 4.79 Å². The summed E-state index contributed by atoms with van der Waals surface area (Å²) in [5.74, 6) is 0.261. The zero-order chi connectivity index (χ0) is 20.5. The van der Waals surface area contributed by atoms with Crippen LogP contribution >= 0.6 is 0 Å². The topological polar surface area (TPSA) is 97.3 Å². The number of alkyl halides is 2. The predicted octanol–water partition coefficient (Wildman–Crippen LogP) is 1.64. The largest absolute Gasteiger partial charge is 0.338 e. The average Bonchev–Trinajstić information content (AvgIpc) is 3.31. The second-order valence-electron chi connectivity index (χ2n) is 7.84. The molecule has 1 aliphatic carbocycles. The van der Waals surface area contributed by atoms with E-state index < -0.39 is 18.4 Å². The number of carbonyl (C=O) groups excluding carboxylic acids is 2. The van der Waals surface area contributed by atoms with Crippen LogP contribution in [-0.2, 0) is 4.79 Å². The van der Waals surface area contributed by atoms with Crippen LogP contribution in [0.4, 0.5) is 13.6 Å². The van der Waals surface area contributed by atoms with Crippen LogP contribution in [0, 0.1) is 17.2 Å². The maximum absolute atomic E-state index is 13.4. The zero-order valence-electron chi connectivity index (χ0n) is 16.4. The SMILES string of the molecule is CC(F)CC(F)CNC(=O)NC[C@H]1CC[C@@H](NCC(=O)N2CCC[C@H]2C#N)C1. The van der Waals surface area contributed by atoms with Crippen molar-refractivity contribution >= 4 is 11.9 Å². The van der Waals surface area contributed by atoms with Crippen LogP contribution < -0.4 is 16.0 Å². The number of halogens is 2. The van der Waals surface area contributed by atoms with Crippen LogP contribution in [0.25, 0.3) is 0 Å². The normalized spacial score (nSPS) is 26.5. The van der Waals surface area contributed by atoms with E-state index in [4.69, 9.17) is 5.26 Å². The third-order valence-corrected chi connectivity index (χ3v) is 5.42. The van der Waals surface area contributed by atoms with E-state index in [2.05, 4.69) is 22.0 Å². The fourth-order valence-electron chi connectivity index (χ4n) is 3.92. The number of hydrogen-bond acceptors (Lipinski definition) is 4. The van der Waals surface area contributed by atoms with Gasteiger partial charge in [0.25, 0.3) is 0 Å². The molecule has 7 nitrogen and oxygen atoms in total. The first-order valence-electron chi connectivity index (χ1n) is 10.1. The van der Waals surface area contributed by atoms with E-state index >= 15 is 0 Å². The highest BCUT2D eigenvalue weighted by Crippen LogP contribution is 2.25. The van der Waals surface area contributed by atoms with Crippen LogP contribution in [0.1, 0.15) is 45.4 Å². The number of hydrogen-bond donors (Lipinski definition) is 3. The minimum Gasteiger partial charge on any atom is -0.338 e. The van der Waals surface area contributed by atoms with Crippen LogP contribution in [0.2, 0.25) is 0 Å². The standard InChI is InChI=1S/C19H31F2N5O2/c1-13(20)7-15(21)11-25-19(28)24-10-14-4-5-16(8-14)23-12-18(27)26-6-2-3-17(26)9-22/h13-17,23H,2-8,10-12H2,1H3,(H2,24,25,28)/t13?,14-,15?,16+,17-/m0/s1. The number of urea groups is 1. The maximum atomic E-state index is 13.4. The Morgan fingerprint density at radius 2 is 2.04 bits per heavy atom. The fourth-order valence-corrected chi connectivity index (χ4v) is 3.92. The van der Waals surface area contributed by atoms with Gasteiger partial charge in [0.1, 0.15) is 18.4 Å². The highest BCUT2D eigenvalue weighted by atomic mass is 19.1. The van der Waals surface area contributed by atoms with Gasteiger partial charge in [-0.1, -0.05) is 0 Å². The van der Waals surface area contributed by atoms with E-state index in [0.29, 0.717) is 19.0 Å². The Morgan fingerprint density at radius 3 is 2.75 bits per heavy atom. The highest BCUT2D eigenvalue weighted by molar-refractivity contribution is 5.79. The van der Waals surface area contributed by atoms with Gasteiger partial charge in [0.2, 0.25) is 5.91 Å². The molecule has 0 spiro atoms. The molecule has 0 aromatic carbocycles. The molecule has 158 valence electrons. The van der Waals surface area contributed by atoms with Gasteiger partial charge in [-0.05, 0) is 44.9 Å². The first-order chi connectivity index (χ1) is 13.4. The molecule has 9 heteroatoms. The van der Waals surface area contributed by atoms with Gasteiger partial charge >= 0.3 is 6.03 Å². The third kappa shape index (κ3) is 7.23. The molecule has 1 aliphatic heterocycles. The van der Waals surface area contributed by atoms with Crippen LogP contribution in [0.15, 0.2) is 0 Å². The first kappa shape index (κ1) is 22.3. The average molecular weight is 399 g/mol. The molecular weight excluding hydrogens is 368 g/mol. The monoisotopic (exact) mass is 399 g/mol. The summed E-state index contributed by atoms with van der Waals surface area (Å²) in [6.07, 6.45) is 1.48. The number of carbonyl (C=O) groups is 2. The molecular formula is C19H31F2N5O2. The summed E-state index contributed by atoms with van der Waals surface area (Å²) in [6, 6.07) is 1.64. The van der Waals surface area contributed by atoms with Crippen LogP contribution in [-0.4, -0.2) is 67.4 Å². The summed E-state index contributed by atoms with van der Waals surface area (Å²) in [7, 11) is 0. The van der Waals surface area contributed by atoms with Gasteiger partial charge < -0.3 is 20.9 Å². The second-order valence-corrected chi connectivity index (χ2v) is 7.84. The molecule has 1 saturated heterocycles. The number of likely N-dealkylation sites (tertiary alicyclic amines) is 1. The summed E-state index contributed by atoms with van der Waals surface area (Å²) in [5.41, 5.74) is 0. The molecule has 0 aromatic rings. The molecule has 2 aliphatic rings. The molecule has 0 bridgehead atoms. The Morgan fingerprint density at radius 1 is 1.25 bits per heavy atom. The van der Waals surface area contributed by atoms with Crippen molar-refractivity contribution in [2.24, 2.45) is 5.92 Å². The second kappa shape index (κ2) is 11.1. The Kier molecular flexibility index (Phi) is 8.90. The Hall–Kier alpha value is -1.95. The lowest BCUT2D eigenvalue weighted by atomic mass is 10.1. The molecule has 1 heterocycles. The molecule has 5 atom stereocenters. The van der Waals surface area contributed by atoms with Crippen LogP contribution in [0.5, 0.6) is 0 Å². The van der Waals surface area contributed by atoms with Crippen molar-refractivity contribution in [1.29, 1.82) is 5.26 Å². The van der Waals surface area contributed by atoms with Crippen molar-refractivity contribution in [3.05, 3.63) is 0 Å². The lowest BCUT2D eigenvalue weighted by Gasteiger charge is -2.21. The number of rotatable bonds is 9. The summed E-state index contributed by atoms with van der Waals surface area (Å²) in [4.78, 5) is 25.6. The maximum Gasteiger partial charge on any atom is 0.314 e. The predicted molar refractivity (Wildman–Crippen MR) is 101 cm³/mol. The van der Waals surface area contributed by atoms with Crippen LogP contribution in [0.3, 0.4) is 0 Å². The number of nitrogens with one attached hydrogen (secondary N) is 3. The van der Waals surface area contributed by atoms with Crippen molar-refractivity contribution in [3.8, 4) is 6.07 Å². The highest BCUT2D eigenvalue weighted by Gasteiger charge is 2.30. The van der Waals surface area contributed by atoms with E-state index in [9.17, 15) is 18.4 Å². The van der Waals surface area contributed by atoms with Gasteiger partial charge in [0.05, 0.1) is 19.2 Å². The Bertz CT molecular complexity index is 569. The number of amides is 3. The van der Waals surface area contributed by atoms with Gasteiger partial charge in [-0.2, -0.15) is 5.26 Å². The summed E-state index contributed by atoms with van der Waals surface area (Å²) < 4.78 is 26.1. The van der Waals surface area contributed by atoms with E-state index in [1.54, 1.807) is 4.90 Å². The van der Waals surface area contributed by atoms with Crippen molar-refractivity contribution in [2.75, 3.05) is 26.2 Å². The van der Waals surface area contributed by atoms with Gasteiger partial charge in [0.15, 0.2) is 0 Å². The summed E-state index contributed by atoms with van der Waals surface area (Å²) in [5, 5.41) is 17.5. The Labute approximate surface area is 165 Å². The van der Waals surface area contributed by atoms with E-state index in [1.165, 1.54) is 6.92 Å². The van der Waals surface area contributed by atoms with Crippen molar-refractivity contribution < 1.29 is 18.4 Å².